The lowest BCUT2D eigenvalue weighted by Crippen LogP contribution is -2.36. The SMILES string of the molecule is CC(C)(C)OC(=O)NCCC(=O)NC(=O)OCc1cc(-c2ccccc2)n(-c2ccc(S(C)(=O)=O)cc2)n1. The zero-order valence-corrected chi connectivity index (χ0v) is 22.4. The molecule has 0 fully saturated rings. The minimum absolute atomic E-state index is 0.0169. The average Bonchev–Trinajstić information content (AvgIpc) is 3.26. The summed E-state index contributed by atoms with van der Waals surface area (Å²) in [6.45, 7) is 4.92. The van der Waals surface area contributed by atoms with Crippen LogP contribution in [0, 0.1) is 0 Å². The van der Waals surface area contributed by atoms with Crippen molar-refractivity contribution in [1.82, 2.24) is 20.4 Å². The van der Waals surface area contributed by atoms with E-state index in [1.807, 2.05) is 30.3 Å². The van der Waals surface area contributed by atoms with Crippen LogP contribution in [0.25, 0.3) is 16.9 Å². The lowest BCUT2D eigenvalue weighted by atomic mass is 10.1. The molecule has 3 rings (SSSR count). The van der Waals surface area contributed by atoms with E-state index in [1.165, 1.54) is 12.1 Å². The molecule has 0 aliphatic heterocycles. The summed E-state index contributed by atoms with van der Waals surface area (Å²) in [5.74, 6) is -0.632. The number of imide groups is 1. The quantitative estimate of drug-likeness (QED) is 0.439. The fourth-order valence-corrected chi connectivity index (χ4v) is 3.92. The summed E-state index contributed by atoms with van der Waals surface area (Å²) in [4.78, 5) is 35.9. The van der Waals surface area contributed by atoms with Crippen LogP contribution in [-0.4, -0.2) is 54.7 Å². The standard InChI is InChI=1S/C26H30N4O7S/c1-26(2,3)37-24(32)27-15-14-23(31)28-25(33)36-17-19-16-22(18-8-6-5-7-9-18)30(29-19)20-10-12-21(13-11-20)38(4,34)35/h5-13,16H,14-15,17H2,1-4H3,(H,27,32)(H,28,31,33). The number of amides is 3. The summed E-state index contributed by atoms with van der Waals surface area (Å²) in [5.41, 5.74) is 1.89. The van der Waals surface area contributed by atoms with E-state index in [2.05, 4.69) is 15.7 Å². The lowest BCUT2D eigenvalue weighted by Gasteiger charge is -2.19. The van der Waals surface area contributed by atoms with E-state index in [-0.39, 0.29) is 24.5 Å². The van der Waals surface area contributed by atoms with Crippen LogP contribution >= 0.6 is 0 Å². The van der Waals surface area contributed by atoms with Gasteiger partial charge in [-0.15, -0.1) is 0 Å². The van der Waals surface area contributed by atoms with Gasteiger partial charge >= 0.3 is 12.2 Å². The number of nitrogens with one attached hydrogen (secondary N) is 2. The predicted octanol–water partition coefficient (Wildman–Crippen LogP) is 3.61. The first kappa shape index (κ1) is 28.4. The van der Waals surface area contributed by atoms with Gasteiger partial charge in [-0.25, -0.2) is 22.7 Å². The van der Waals surface area contributed by atoms with Crippen LogP contribution in [0.4, 0.5) is 9.59 Å². The maximum atomic E-state index is 12.1. The van der Waals surface area contributed by atoms with Crippen LogP contribution in [0.3, 0.4) is 0 Å². The number of hydrogen-bond donors (Lipinski definition) is 2. The van der Waals surface area contributed by atoms with Gasteiger partial charge in [-0.1, -0.05) is 30.3 Å². The number of rotatable bonds is 8. The summed E-state index contributed by atoms with van der Waals surface area (Å²) in [7, 11) is -3.35. The van der Waals surface area contributed by atoms with Crippen LogP contribution in [0.2, 0.25) is 0 Å². The van der Waals surface area contributed by atoms with Crippen molar-refractivity contribution < 1.29 is 32.3 Å². The number of ether oxygens (including phenoxy) is 2. The third-order valence-electron chi connectivity index (χ3n) is 4.95. The number of carbonyl (C=O) groups excluding carboxylic acids is 3. The van der Waals surface area contributed by atoms with Crippen molar-refractivity contribution >= 4 is 27.9 Å². The van der Waals surface area contributed by atoms with Crippen molar-refractivity contribution in [2.24, 2.45) is 0 Å². The number of carbonyl (C=O) groups is 3. The normalized spacial score (nSPS) is 11.5. The Labute approximate surface area is 221 Å². The van der Waals surface area contributed by atoms with Gasteiger partial charge in [0, 0.05) is 24.8 Å². The van der Waals surface area contributed by atoms with Crippen molar-refractivity contribution in [3.63, 3.8) is 0 Å². The van der Waals surface area contributed by atoms with Crippen LogP contribution in [0.5, 0.6) is 0 Å². The molecule has 0 atom stereocenters. The highest BCUT2D eigenvalue weighted by molar-refractivity contribution is 7.90. The molecule has 0 aliphatic carbocycles. The van der Waals surface area contributed by atoms with Gasteiger partial charge in [-0.3, -0.25) is 10.1 Å². The molecule has 2 aromatic carbocycles. The largest absolute Gasteiger partial charge is 0.444 e. The van der Waals surface area contributed by atoms with Gasteiger partial charge in [0.15, 0.2) is 9.84 Å². The zero-order valence-electron chi connectivity index (χ0n) is 21.6. The van der Waals surface area contributed by atoms with Gasteiger partial charge in [0.25, 0.3) is 0 Å². The van der Waals surface area contributed by atoms with E-state index < -0.39 is 33.5 Å². The van der Waals surface area contributed by atoms with Gasteiger partial charge in [0.05, 0.1) is 16.3 Å². The topological polar surface area (TPSA) is 146 Å². The highest BCUT2D eigenvalue weighted by Crippen LogP contribution is 2.25. The minimum atomic E-state index is -3.35. The Balaban J connectivity index is 1.63. The Morgan fingerprint density at radius 2 is 1.63 bits per heavy atom. The summed E-state index contributed by atoms with van der Waals surface area (Å²) in [5, 5.41) is 9.04. The second-order valence-electron chi connectivity index (χ2n) is 9.37. The highest BCUT2D eigenvalue weighted by atomic mass is 32.2. The predicted molar refractivity (Wildman–Crippen MR) is 139 cm³/mol. The van der Waals surface area contributed by atoms with Crippen LogP contribution in [-0.2, 0) is 30.7 Å². The highest BCUT2D eigenvalue weighted by Gasteiger charge is 2.17. The van der Waals surface area contributed by atoms with Crippen molar-refractivity contribution in [2.75, 3.05) is 12.8 Å². The summed E-state index contributed by atoms with van der Waals surface area (Å²) < 4.78 is 35.5. The molecule has 12 heteroatoms. The van der Waals surface area contributed by atoms with Gasteiger partial charge in [0.1, 0.15) is 17.9 Å². The molecule has 1 heterocycles. The summed E-state index contributed by atoms with van der Waals surface area (Å²) in [6, 6.07) is 17.4. The molecule has 11 nitrogen and oxygen atoms in total. The molecule has 0 aliphatic rings. The first-order valence-electron chi connectivity index (χ1n) is 11.7. The first-order valence-corrected chi connectivity index (χ1v) is 13.6. The fourth-order valence-electron chi connectivity index (χ4n) is 3.29. The van der Waals surface area contributed by atoms with Gasteiger partial charge < -0.3 is 14.8 Å². The Bertz CT molecular complexity index is 1390. The maximum Gasteiger partial charge on any atom is 0.414 e. The monoisotopic (exact) mass is 542 g/mol. The zero-order chi connectivity index (χ0) is 27.9. The van der Waals surface area contributed by atoms with E-state index in [9.17, 15) is 22.8 Å². The lowest BCUT2D eigenvalue weighted by molar-refractivity contribution is -0.120. The molecule has 0 unspecified atom stereocenters. The molecular formula is C26H30N4O7S. The van der Waals surface area contributed by atoms with E-state index >= 15 is 0 Å². The van der Waals surface area contributed by atoms with Crippen LogP contribution < -0.4 is 10.6 Å². The first-order chi connectivity index (χ1) is 17.8. The van der Waals surface area contributed by atoms with E-state index in [0.717, 1.165) is 11.8 Å². The fraction of sp³-hybridized carbons (Fsp3) is 0.308. The Morgan fingerprint density at radius 1 is 0.974 bits per heavy atom. The van der Waals surface area contributed by atoms with E-state index in [1.54, 1.807) is 43.7 Å². The minimum Gasteiger partial charge on any atom is -0.444 e. The number of alkyl carbamates (subject to hydrolysis) is 2. The van der Waals surface area contributed by atoms with Gasteiger partial charge in [-0.05, 0) is 51.1 Å². The molecule has 3 amide bonds. The maximum absolute atomic E-state index is 12.1. The Morgan fingerprint density at radius 3 is 2.24 bits per heavy atom. The van der Waals surface area contributed by atoms with Gasteiger partial charge in [0.2, 0.25) is 5.91 Å². The third-order valence-corrected chi connectivity index (χ3v) is 6.08. The molecule has 0 radical (unpaired) electrons. The molecule has 0 saturated heterocycles. The molecule has 202 valence electrons. The number of aromatic nitrogens is 2. The van der Waals surface area contributed by atoms with E-state index in [0.29, 0.717) is 17.1 Å². The van der Waals surface area contributed by atoms with Crippen molar-refractivity contribution in [2.45, 2.75) is 44.3 Å². The second-order valence-corrected chi connectivity index (χ2v) is 11.4. The molecule has 0 saturated carbocycles. The van der Waals surface area contributed by atoms with Crippen molar-refractivity contribution in [3.8, 4) is 16.9 Å². The third kappa shape index (κ3) is 8.44. The average molecular weight is 543 g/mol. The number of benzene rings is 2. The molecule has 0 bridgehead atoms. The van der Waals surface area contributed by atoms with Crippen molar-refractivity contribution in [3.05, 3.63) is 66.4 Å². The summed E-state index contributed by atoms with van der Waals surface area (Å²) >= 11 is 0. The molecule has 3 aromatic rings. The molecule has 38 heavy (non-hydrogen) atoms. The smallest absolute Gasteiger partial charge is 0.414 e. The van der Waals surface area contributed by atoms with Crippen molar-refractivity contribution in [1.29, 1.82) is 0 Å². The molecular weight excluding hydrogens is 512 g/mol. The molecule has 1 aromatic heterocycles. The van der Waals surface area contributed by atoms with Crippen LogP contribution in [0.1, 0.15) is 32.9 Å². The number of sulfone groups is 1. The van der Waals surface area contributed by atoms with Crippen LogP contribution in [0.15, 0.2) is 65.6 Å². The second kappa shape index (κ2) is 11.9. The van der Waals surface area contributed by atoms with Gasteiger partial charge in [-0.2, -0.15) is 5.10 Å². The van der Waals surface area contributed by atoms with E-state index in [4.69, 9.17) is 9.47 Å². The molecule has 0 spiro atoms. The Hall–Kier alpha value is -4.19. The number of nitrogens with zero attached hydrogens (tertiary/aromatic N) is 2. The Kier molecular flexibility index (Phi) is 8.89. The summed E-state index contributed by atoms with van der Waals surface area (Å²) in [6.07, 6.45) is -0.636. The molecule has 2 N–H and O–H groups in total. The number of hydrogen-bond acceptors (Lipinski definition) is 8.